The van der Waals surface area contributed by atoms with Crippen molar-refractivity contribution < 1.29 is 22.7 Å². The van der Waals surface area contributed by atoms with Crippen LogP contribution in [0.4, 0.5) is 11.6 Å². The molecular formula is C19H17N3O6S. The van der Waals surface area contributed by atoms with Gasteiger partial charge < -0.3 is 4.52 Å². The van der Waals surface area contributed by atoms with Crippen LogP contribution in [0, 0.1) is 10.1 Å². The zero-order valence-corrected chi connectivity index (χ0v) is 16.4. The second kappa shape index (κ2) is 7.84. The number of carbonyl (C=O) groups excluding carboxylic acids is 1. The molecule has 1 amide bonds. The van der Waals surface area contributed by atoms with Gasteiger partial charge >= 0.3 is 0 Å². The van der Waals surface area contributed by atoms with Gasteiger partial charge in [-0.3, -0.25) is 20.2 Å². The molecule has 0 fully saturated rings. The van der Waals surface area contributed by atoms with Crippen LogP contribution < -0.4 is 5.32 Å². The first-order valence-electron chi connectivity index (χ1n) is 8.54. The summed E-state index contributed by atoms with van der Waals surface area (Å²) in [6.45, 7) is 2.04. The molecule has 0 aliphatic heterocycles. The number of nitro groups is 1. The van der Waals surface area contributed by atoms with Crippen molar-refractivity contribution in [2.75, 3.05) is 11.6 Å². The lowest BCUT2D eigenvalue weighted by Gasteiger charge is -2.04. The van der Waals surface area contributed by atoms with Gasteiger partial charge in [0.05, 0.1) is 9.82 Å². The normalized spacial score (nSPS) is 11.2. The number of nitrogens with one attached hydrogen (secondary N) is 1. The fraction of sp³-hybridized carbons (Fsp3) is 0.158. The predicted octanol–water partition coefficient (Wildman–Crippen LogP) is 3.47. The molecule has 10 heteroatoms. The minimum atomic E-state index is -3.75. The molecule has 0 radical (unpaired) electrons. The van der Waals surface area contributed by atoms with E-state index in [4.69, 9.17) is 4.52 Å². The number of anilines is 1. The summed E-state index contributed by atoms with van der Waals surface area (Å²) in [4.78, 5) is 22.5. The van der Waals surface area contributed by atoms with E-state index in [1.807, 2.05) is 31.2 Å². The fourth-order valence-corrected chi connectivity index (χ4v) is 3.28. The average molecular weight is 415 g/mol. The molecule has 29 heavy (non-hydrogen) atoms. The van der Waals surface area contributed by atoms with E-state index < -0.39 is 26.4 Å². The summed E-state index contributed by atoms with van der Waals surface area (Å²) in [6, 6.07) is 12.1. The van der Waals surface area contributed by atoms with Crippen molar-refractivity contribution in [2.24, 2.45) is 0 Å². The van der Waals surface area contributed by atoms with Gasteiger partial charge in [-0.05, 0) is 18.1 Å². The Morgan fingerprint density at radius 3 is 2.45 bits per heavy atom. The third-order valence-electron chi connectivity index (χ3n) is 4.20. The van der Waals surface area contributed by atoms with Crippen LogP contribution in [-0.2, 0) is 16.3 Å². The highest BCUT2D eigenvalue weighted by Crippen LogP contribution is 2.24. The van der Waals surface area contributed by atoms with Gasteiger partial charge in [-0.1, -0.05) is 36.3 Å². The molecule has 0 spiro atoms. The zero-order chi connectivity index (χ0) is 21.2. The van der Waals surface area contributed by atoms with Gasteiger partial charge in [-0.25, -0.2) is 8.42 Å². The number of non-ortho nitro benzene ring substituents is 1. The van der Waals surface area contributed by atoms with Crippen LogP contribution in [-0.4, -0.2) is 30.7 Å². The van der Waals surface area contributed by atoms with E-state index in [0.29, 0.717) is 5.69 Å². The lowest BCUT2D eigenvalue weighted by Crippen LogP contribution is -2.13. The third kappa shape index (κ3) is 4.66. The summed E-state index contributed by atoms with van der Waals surface area (Å²) >= 11 is 0. The molecule has 1 N–H and O–H groups in total. The first-order valence-corrected chi connectivity index (χ1v) is 10.4. The molecule has 1 heterocycles. The lowest BCUT2D eigenvalue weighted by atomic mass is 10.1. The Kier molecular flexibility index (Phi) is 5.46. The van der Waals surface area contributed by atoms with Crippen molar-refractivity contribution in [3.05, 3.63) is 69.8 Å². The molecule has 0 bridgehead atoms. The highest BCUT2D eigenvalue weighted by atomic mass is 32.2. The maximum atomic E-state index is 12.5. The molecule has 0 saturated heterocycles. The highest BCUT2D eigenvalue weighted by molar-refractivity contribution is 7.90. The van der Waals surface area contributed by atoms with Gasteiger partial charge in [0.15, 0.2) is 9.84 Å². The van der Waals surface area contributed by atoms with E-state index in [2.05, 4.69) is 10.5 Å². The van der Waals surface area contributed by atoms with Crippen molar-refractivity contribution in [1.29, 1.82) is 0 Å². The first-order chi connectivity index (χ1) is 13.7. The minimum Gasteiger partial charge on any atom is -0.338 e. The molecule has 3 rings (SSSR count). The standard InChI is InChI=1S/C19H17N3O6S/c1-3-12-4-6-13(7-5-12)17-11-18(28-21-17)20-19(23)14-8-15(22(24)25)10-16(9-14)29(2,26)27/h4-11H,3H2,1-2H3,(H,20,23). The second-order valence-corrected chi connectivity index (χ2v) is 8.34. The number of nitrogens with zero attached hydrogens (tertiary/aromatic N) is 2. The molecule has 0 atom stereocenters. The van der Waals surface area contributed by atoms with Crippen LogP contribution in [0.2, 0.25) is 0 Å². The van der Waals surface area contributed by atoms with Gasteiger partial charge in [0.1, 0.15) is 5.69 Å². The number of aromatic nitrogens is 1. The Morgan fingerprint density at radius 1 is 1.17 bits per heavy atom. The number of hydrogen-bond donors (Lipinski definition) is 1. The summed E-state index contributed by atoms with van der Waals surface area (Å²) in [5, 5.41) is 17.4. The molecule has 2 aromatic carbocycles. The van der Waals surface area contributed by atoms with E-state index >= 15 is 0 Å². The Morgan fingerprint density at radius 2 is 1.86 bits per heavy atom. The molecular weight excluding hydrogens is 398 g/mol. The molecule has 1 aromatic heterocycles. The second-order valence-electron chi connectivity index (χ2n) is 6.33. The number of nitro benzene ring substituents is 1. The largest absolute Gasteiger partial charge is 0.338 e. The zero-order valence-electron chi connectivity index (χ0n) is 15.6. The molecule has 0 aliphatic rings. The number of benzene rings is 2. The van der Waals surface area contributed by atoms with Crippen LogP contribution in [0.1, 0.15) is 22.8 Å². The third-order valence-corrected chi connectivity index (χ3v) is 5.29. The lowest BCUT2D eigenvalue weighted by molar-refractivity contribution is -0.385. The summed E-state index contributed by atoms with van der Waals surface area (Å²) in [5.41, 5.74) is 1.76. The number of carbonyl (C=O) groups is 1. The summed E-state index contributed by atoms with van der Waals surface area (Å²) < 4.78 is 28.6. The predicted molar refractivity (Wildman–Crippen MR) is 105 cm³/mol. The van der Waals surface area contributed by atoms with Crippen LogP contribution in [0.25, 0.3) is 11.3 Å². The average Bonchev–Trinajstić information content (AvgIpc) is 3.15. The Hall–Kier alpha value is -3.53. The Balaban J connectivity index is 1.86. The van der Waals surface area contributed by atoms with Crippen LogP contribution in [0.15, 0.2) is 57.9 Å². The van der Waals surface area contributed by atoms with Gasteiger partial charge in [-0.15, -0.1) is 0 Å². The van der Waals surface area contributed by atoms with E-state index in [9.17, 15) is 23.3 Å². The van der Waals surface area contributed by atoms with Crippen molar-refractivity contribution in [3.8, 4) is 11.3 Å². The van der Waals surface area contributed by atoms with Crippen molar-refractivity contribution >= 4 is 27.3 Å². The number of aryl methyl sites for hydroxylation is 1. The number of amides is 1. The smallest absolute Gasteiger partial charge is 0.271 e. The van der Waals surface area contributed by atoms with Gasteiger partial charge in [0.2, 0.25) is 5.88 Å². The Bertz CT molecular complexity index is 1180. The number of hydrogen-bond acceptors (Lipinski definition) is 7. The first kappa shape index (κ1) is 20.2. The molecule has 3 aromatic rings. The minimum absolute atomic E-state index is 0.0250. The highest BCUT2D eigenvalue weighted by Gasteiger charge is 2.20. The fourth-order valence-electron chi connectivity index (χ4n) is 2.60. The SMILES string of the molecule is CCc1ccc(-c2cc(NC(=O)c3cc([N+](=O)[O-])cc(S(C)(=O)=O)c3)on2)cc1. The maximum absolute atomic E-state index is 12.5. The van der Waals surface area contributed by atoms with Crippen LogP contribution >= 0.6 is 0 Å². The van der Waals surface area contributed by atoms with Gasteiger partial charge in [-0.2, -0.15) is 0 Å². The number of sulfone groups is 1. The quantitative estimate of drug-likeness (QED) is 0.481. The van der Waals surface area contributed by atoms with Gasteiger partial charge in [0, 0.05) is 35.6 Å². The van der Waals surface area contributed by atoms with Crippen LogP contribution in [0.5, 0.6) is 0 Å². The van der Waals surface area contributed by atoms with E-state index in [0.717, 1.165) is 42.0 Å². The van der Waals surface area contributed by atoms with E-state index in [-0.39, 0.29) is 16.3 Å². The van der Waals surface area contributed by atoms with E-state index in [1.165, 1.54) is 6.07 Å². The van der Waals surface area contributed by atoms with Crippen molar-refractivity contribution in [3.63, 3.8) is 0 Å². The number of rotatable bonds is 6. The molecule has 150 valence electrons. The van der Waals surface area contributed by atoms with Crippen molar-refractivity contribution in [2.45, 2.75) is 18.2 Å². The molecule has 0 saturated carbocycles. The molecule has 9 nitrogen and oxygen atoms in total. The summed E-state index contributed by atoms with van der Waals surface area (Å²) in [7, 11) is -3.75. The van der Waals surface area contributed by atoms with E-state index in [1.54, 1.807) is 0 Å². The van der Waals surface area contributed by atoms with Crippen LogP contribution in [0.3, 0.4) is 0 Å². The summed E-state index contributed by atoms with van der Waals surface area (Å²) in [5.74, 6) is -0.736. The van der Waals surface area contributed by atoms with Crippen molar-refractivity contribution in [1.82, 2.24) is 5.16 Å². The maximum Gasteiger partial charge on any atom is 0.271 e. The monoisotopic (exact) mass is 415 g/mol. The summed E-state index contributed by atoms with van der Waals surface area (Å²) in [6.07, 6.45) is 1.80. The Labute approximate surface area is 166 Å². The molecule has 0 unspecified atom stereocenters. The molecule has 0 aliphatic carbocycles. The topological polar surface area (TPSA) is 132 Å². The van der Waals surface area contributed by atoms with Gasteiger partial charge in [0.25, 0.3) is 11.6 Å².